The number of nitrogens with two attached hydrogens (primary N) is 1. The molecule has 4 N–H and O–H groups in total. The fourth-order valence-electron chi connectivity index (χ4n) is 8.12. The van der Waals surface area contributed by atoms with Crippen molar-refractivity contribution in [2.75, 3.05) is 158 Å². The lowest BCUT2D eigenvalue weighted by Gasteiger charge is -2.23. The Morgan fingerprint density at radius 1 is 0.698 bits per heavy atom. The Balaban J connectivity index is 0.766. The SMILES string of the molecule is CCCN(OCC)C(=O)C1=Cc2ccc(-c3cnc(C(=O)N4CCC[C@H]4C(=O)NCCOCCOCCOCCOCCOCCOCCOCCOCCOCCOCCC(=O)Oc4c(F)c(F)c(S(=O)(=O)O)c(F)c4F)nc3)cc2N=C(N)C1. The van der Waals surface area contributed by atoms with Gasteiger partial charge in [-0.2, -0.15) is 17.2 Å². The number of aromatic nitrogens is 2. The van der Waals surface area contributed by atoms with Crippen LogP contribution in [0, 0.1) is 23.3 Å². The third-order valence-corrected chi connectivity index (χ3v) is 13.1. The monoisotopic (exact) mass is 1250 g/mol. The van der Waals surface area contributed by atoms with Crippen molar-refractivity contribution in [1.29, 1.82) is 0 Å². The number of rotatable bonds is 43. The predicted octanol–water partition coefficient (Wildman–Crippen LogP) is 3.80. The Labute approximate surface area is 495 Å². The average Bonchev–Trinajstić information content (AvgIpc) is 1.29. The first-order valence-electron chi connectivity index (χ1n) is 27.9. The molecule has 31 heteroatoms. The molecule has 0 aliphatic carbocycles. The molecule has 478 valence electrons. The van der Waals surface area contributed by atoms with Crippen LogP contribution in [-0.4, -0.2) is 227 Å². The van der Waals surface area contributed by atoms with Crippen LogP contribution in [0.15, 0.2) is 46.1 Å². The zero-order valence-electron chi connectivity index (χ0n) is 48.1. The molecular weight excluding hydrogens is 1170 g/mol. The zero-order chi connectivity index (χ0) is 62.1. The van der Waals surface area contributed by atoms with E-state index in [1.54, 1.807) is 18.5 Å². The van der Waals surface area contributed by atoms with Crippen molar-refractivity contribution in [1.82, 2.24) is 25.2 Å². The number of amidine groups is 1. The van der Waals surface area contributed by atoms with Gasteiger partial charge in [-0.1, -0.05) is 19.1 Å². The molecule has 2 aliphatic rings. The van der Waals surface area contributed by atoms with Crippen LogP contribution in [-0.2, 0) is 76.7 Å². The Hall–Kier alpha value is -6.20. The molecule has 86 heavy (non-hydrogen) atoms. The van der Waals surface area contributed by atoms with Crippen LogP contribution in [0.2, 0.25) is 0 Å². The number of nitrogens with zero attached hydrogens (tertiary/aromatic N) is 5. The number of carbonyl (C=O) groups excluding carboxylic acids is 4. The molecule has 2 aliphatic heterocycles. The second-order valence-electron chi connectivity index (χ2n) is 18.5. The molecular formula is C55H75F4N7O19S. The van der Waals surface area contributed by atoms with Crippen molar-refractivity contribution in [3.05, 3.63) is 70.8 Å². The summed E-state index contributed by atoms with van der Waals surface area (Å²) in [7, 11) is -5.65. The third kappa shape index (κ3) is 23.8. The van der Waals surface area contributed by atoms with E-state index in [1.807, 2.05) is 32.0 Å². The standard InChI is InChI=1S/C55H75F4N7O19S/c1-3-11-66(84-4-2)54(69)40-33-39-8-7-38(34-42(39)64-44(60)35-40)41-36-62-52(63-37-41)55(70)65-12-5-6-43(65)53(68)61-10-14-75-16-18-77-20-22-79-24-26-81-28-30-83-32-31-82-29-27-80-25-23-78-21-19-76-17-15-74-13-9-45(67)85-50-46(56)48(58)51(86(71,72)73)49(59)47(50)57/h7-8,33-34,36-37,43H,3-6,9-32,35H2,1-2H3,(H2,60,64)(H,61,68)(H,71,72,73)/t43-/m0/s1. The molecule has 3 aromatic rings. The Bertz CT molecular complexity index is 2770. The first-order valence-corrected chi connectivity index (χ1v) is 29.3. The highest BCUT2D eigenvalue weighted by atomic mass is 32.2. The van der Waals surface area contributed by atoms with E-state index in [0.29, 0.717) is 142 Å². The molecule has 0 unspecified atom stereocenters. The fraction of sp³-hybridized carbons (Fsp3) is 0.582. The van der Waals surface area contributed by atoms with Gasteiger partial charge in [0.25, 0.3) is 11.8 Å². The molecule has 1 saturated heterocycles. The second kappa shape index (κ2) is 38.9. The summed E-state index contributed by atoms with van der Waals surface area (Å²) < 4.78 is 145. The number of esters is 1. The number of ether oxygens (including phenoxy) is 11. The maximum atomic E-state index is 14.0. The number of aliphatic imine (C=N–C) groups is 1. The molecule has 1 atom stereocenters. The Morgan fingerprint density at radius 3 is 1.66 bits per heavy atom. The van der Waals surface area contributed by atoms with Gasteiger partial charge in [0.2, 0.25) is 29.1 Å². The smallest absolute Gasteiger partial charge is 0.313 e. The minimum atomic E-state index is -5.65. The molecule has 5 rings (SSSR count). The quantitative estimate of drug-likeness (QED) is 0.0138. The minimum absolute atomic E-state index is 0.0122. The fourth-order valence-corrected chi connectivity index (χ4v) is 8.76. The molecule has 3 amide bonds. The van der Waals surface area contributed by atoms with Crippen LogP contribution in [0.5, 0.6) is 5.75 Å². The van der Waals surface area contributed by atoms with Crippen molar-refractivity contribution >= 4 is 51.4 Å². The molecule has 0 spiro atoms. The summed E-state index contributed by atoms with van der Waals surface area (Å²) in [4.78, 5) is 69.8. The van der Waals surface area contributed by atoms with Crippen LogP contribution in [0.1, 0.15) is 62.1 Å². The number of hydrogen-bond acceptors (Lipinski definition) is 22. The molecule has 1 aromatic heterocycles. The van der Waals surface area contributed by atoms with Crippen molar-refractivity contribution in [2.45, 2.75) is 56.9 Å². The summed E-state index contributed by atoms with van der Waals surface area (Å²) in [5.74, 6) is -13.4. The van der Waals surface area contributed by atoms with Gasteiger partial charge in [0.05, 0.1) is 151 Å². The maximum Gasteiger partial charge on any atom is 0.313 e. The lowest BCUT2D eigenvalue weighted by molar-refractivity contribution is -0.180. The van der Waals surface area contributed by atoms with E-state index < -0.39 is 68.4 Å². The van der Waals surface area contributed by atoms with Crippen molar-refractivity contribution < 1.29 is 107 Å². The molecule has 3 heterocycles. The first-order chi connectivity index (χ1) is 41.5. The largest absolute Gasteiger partial charge is 0.420 e. The number of benzene rings is 2. The van der Waals surface area contributed by atoms with Crippen LogP contribution in [0.3, 0.4) is 0 Å². The summed E-state index contributed by atoms with van der Waals surface area (Å²) in [6.45, 7) is 10.8. The number of fused-ring (bicyclic) bond motifs is 1. The third-order valence-electron chi connectivity index (χ3n) is 12.2. The van der Waals surface area contributed by atoms with Crippen molar-refractivity contribution in [2.24, 2.45) is 10.7 Å². The number of amides is 3. The molecule has 26 nitrogen and oxygen atoms in total. The number of likely N-dealkylation sites (tertiary alicyclic amines) is 1. The number of carbonyl (C=O) groups is 4. The van der Waals surface area contributed by atoms with E-state index in [0.717, 1.165) is 17.5 Å². The molecule has 0 saturated carbocycles. The molecule has 2 aromatic carbocycles. The lowest BCUT2D eigenvalue weighted by atomic mass is 10.0. The lowest BCUT2D eigenvalue weighted by Crippen LogP contribution is -2.47. The topological polar surface area (TPSA) is 316 Å². The van der Waals surface area contributed by atoms with Gasteiger partial charge < -0.3 is 68.1 Å². The van der Waals surface area contributed by atoms with Crippen LogP contribution in [0.4, 0.5) is 23.2 Å². The van der Waals surface area contributed by atoms with E-state index in [-0.39, 0.29) is 76.1 Å². The van der Waals surface area contributed by atoms with Gasteiger partial charge in [-0.05, 0) is 43.9 Å². The van der Waals surface area contributed by atoms with Gasteiger partial charge in [-0.25, -0.2) is 28.8 Å². The highest BCUT2D eigenvalue weighted by Crippen LogP contribution is 2.34. The zero-order valence-corrected chi connectivity index (χ0v) is 48.9. The molecule has 0 bridgehead atoms. The van der Waals surface area contributed by atoms with Gasteiger partial charge >= 0.3 is 16.1 Å². The number of hydroxylamine groups is 2. The van der Waals surface area contributed by atoms with E-state index in [2.05, 4.69) is 25.0 Å². The van der Waals surface area contributed by atoms with Gasteiger partial charge in [0, 0.05) is 55.1 Å². The normalized spacial score (nSPS) is 14.2. The van der Waals surface area contributed by atoms with Gasteiger partial charge in [-0.3, -0.25) is 28.6 Å². The van der Waals surface area contributed by atoms with E-state index >= 15 is 0 Å². The second-order valence-corrected chi connectivity index (χ2v) is 19.9. The summed E-state index contributed by atoms with van der Waals surface area (Å²) in [6, 6.07) is 4.86. The summed E-state index contributed by atoms with van der Waals surface area (Å²) in [5, 5.41) is 4.21. The summed E-state index contributed by atoms with van der Waals surface area (Å²) in [5.41, 5.74) is 9.39. The van der Waals surface area contributed by atoms with Crippen LogP contribution in [0.25, 0.3) is 17.2 Å². The van der Waals surface area contributed by atoms with Gasteiger partial charge in [-0.15, -0.1) is 0 Å². The van der Waals surface area contributed by atoms with Crippen LogP contribution < -0.4 is 15.8 Å². The number of nitrogens with one attached hydrogen (secondary N) is 1. The van der Waals surface area contributed by atoms with Crippen LogP contribution >= 0.6 is 0 Å². The summed E-state index contributed by atoms with van der Waals surface area (Å²) in [6.07, 6.45) is 6.36. The van der Waals surface area contributed by atoms with Crippen molar-refractivity contribution in [3.63, 3.8) is 0 Å². The number of halogens is 4. The average molecular weight is 1250 g/mol. The van der Waals surface area contributed by atoms with E-state index in [9.17, 15) is 45.2 Å². The Kier molecular flexibility index (Phi) is 31.9. The first kappa shape index (κ1) is 70.6. The summed E-state index contributed by atoms with van der Waals surface area (Å²) >= 11 is 0. The molecule has 0 radical (unpaired) electrons. The van der Waals surface area contributed by atoms with Gasteiger partial charge in [0.15, 0.2) is 16.5 Å². The molecule has 1 fully saturated rings. The van der Waals surface area contributed by atoms with E-state index in [1.165, 1.54) is 9.96 Å². The number of hydrogen-bond donors (Lipinski definition) is 3. The van der Waals surface area contributed by atoms with Gasteiger partial charge in [0.1, 0.15) is 11.9 Å². The maximum absolute atomic E-state index is 14.0. The highest BCUT2D eigenvalue weighted by Gasteiger charge is 2.36. The van der Waals surface area contributed by atoms with E-state index in [4.69, 9.17) is 62.5 Å². The minimum Gasteiger partial charge on any atom is -0.420 e. The Morgan fingerprint density at radius 2 is 1.19 bits per heavy atom. The van der Waals surface area contributed by atoms with Crippen molar-refractivity contribution in [3.8, 4) is 16.9 Å². The predicted molar refractivity (Wildman–Crippen MR) is 297 cm³/mol. The highest BCUT2D eigenvalue weighted by molar-refractivity contribution is 7.85.